The smallest absolute Gasteiger partial charge is 0.351 e. The largest absolute Gasteiger partial charge is 0.436 e. The van der Waals surface area contributed by atoms with Crippen molar-refractivity contribution in [3.63, 3.8) is 0 Å². The molecule has 0 atom stereocenters. The number of nitrogens with one attached hydrogen (secondary N) is 1. The molecule has 0 aliphatic rings. The third-order valence-electron chi connectivity index (χ3n) is 5.20. The average molecular weight is 453 g/mol. The number of fused-ring (bicyclic) bond motifs is 3. The number of amides is 1. The Kier molecular flexibility index (Phi) is 5.35. The van der Waals surface area contributed by atoms with Gasteiger partial charge in [-0.05, 0) is 55.5 Å². The van der Waals surface area contributed by atoms with Crippen molar-refractivity contribution in [1.29, 1.82) is 0 Å². The molecule has 0 radical (unpaired) electrons. The summed E-state index contributed by atoms with van der Waals surface area (Å²) in [5.74, 6) is 0.189. The molecule has 0 bridgehead atoms. The van der Waals surface area contributed by atoms with Crippen molar-refractivity contribution in [3.05, 3.63) is 94.9 Å². The number of para-hydroxylation sites is 3. The van der Waals surface area contributed by atoms with Crippen LogP contribution in [0.4, 0.5) is 5.69 Å². The molecule has 3 aromatic carbocycles. The standard InChI is InChI=1S/C25H19N5O4/c1-16(31)17-11-13-18(14-12-17)26-22(32)15-29-25(33)30-21-10-6-5-9-20(21)27-24(23(30)28-29)34-19-7-3-2-4-8-19/h2-14H,15H2,1H3,(H,26,32). The molecule has 34 heavy (non-hydrogen) atoms. The number of hydrogen-bond donors (Lipinski definition) is 1. The van der Waals surface area contributed by atoms with E-state index in [-0.39, 0.29) is 23.9 Å². The molecule has 0 unspecified atom stereocenters. The third-order valence-corrected chi connectivity index (χ3v) is 5.20. The van der Waals surface area contributed by atoms with E-state index in [9.17, 15) is 14.4 Å². The predicted molar refractivity (Wildman–Crippen MR) is 126 cm³/mol. The fourth-order valence-electron chi connectivity index (χ4n) is 3.57. The van der Waals surface area contributed by atoms with E-state index in [1.54, 1.807) is 54.6 Å². The summed E-state index contributed by atoms with van der Waals surface area (Å²) < 4.78 is 8.38. The van der Waals surface area contributed by atoms with Crippen LogP contribution in [-0.2, 0) is 11.3 Å². The van der Waals surface area contributed by atoms with Crippen LogP contribution in [0.1, 0.15) is 17.3 Å². The second-order valence-electron chi connectivity index (χ2n) is 7.60. The molecule has 9 heteroatoms. The first-order chi connectivity index (χ1) is 16.5. The van der Waals surface area contributed by atoms with Crippen LogP contribution in [0, 0.1) is 0 Å². The third kappa shape index (κ3) is 4.02. The molecular formula is C25H19N5O4. The number of ketones is 1. The Labute approximate surface area is 193 Å². The van der Waals surface area contributed by atoms with E-state index < -0.39 is 11.6 Å². The highest BCUT2D eigenvalue weighted by atomic mass is 16.5. The monoisotopic (exact) mass is 453 g/mol. The van der Waals surface area contributed by atoms with Gasteiger partial charge in [0.05, 0.1) is 11.0 Å². The number of rotatable bonds is 6. The summed E-state index contributed by atoms with van der Waals surface area (Å²) in [5.41, 5.74) is 1.86. The van der Waals surface area contributed by atoms with Gasteiger partial charge in [-0.2, -0.15) is 0 Å². The molecule has 0 aliphatic heterocycles. The number of carbonyl (C=O) groups is 2. The van der Waals surface area contributed by atoms with Crippen LogP contribution < -0.4 is 15.7 Å². The van der Waals surface area contributed by atoms with Crippen LogP contribution >= 0.6 is 0 Å². The zero-order valence-electron chi connectivity index (χ0n) is 18.1. The Morgan fingerprint density at radius 1 is 0.941 bits per heavy atom. The first-order valence-electron chi connectivity index (χ1n) is 10.5. The Morgan fingerprint density at radius 3 is 2.38 bits per heavy atom. The van der Waals surface area contributed by atoms with Crippen LogP contribution in [0.5, 0.6) is 11.6 Å². The lowest BCUT2D eigenvalue weighted by atomic mass is 10.1. The van der Waals surface area contributed by atoms with E-state index in [0.717, 1.165) is 4.68 Å². The SMILES string of the molecule is CC(=O)c1ccc(NC(=O)Cn2nc3c(Oc4ccccc4)nc4ccccc4n3c2=O)cc1. The van der Waals surface area contributed by atoms with Crippen molar-refractivity contribution < 1.29 is 14.3 Å². The predicted octanol–water partition coefficient (Wildman–Crippen LogP) is 3.68. The number of ether oxygens (including phenoxy) is 1. The summed E-state index contributed by atoms with van der Waals surface area (Å²) in [6.45, 7) is 1.16. The molecule has 1 N–H and O–H groups in total. The number of hydrogen-bond acceptors (Lipinski definition) is 6. The summed E-state index contributed by atoms with van der Waals surface area (Å²) >= 11 is 0. The molecule has 1 amide bonds. The van der Waals surface area contributed by atoms with Gasteiger partial charge in [0.1, 0.15) is 12.3 Å². The van der Waals surface area contributed by atoms with Crippen LogP contribution in [0.15, 0.2) is 83.7 Å². The van der Waals surface area contributed by atoms with E-state index in [1.165, 1.54) is 11.3 Å². The van der Waals surface area contributed by atoms with Gasteiger partial charge in [0.25, 0.3) is 5.88 Å². The molecule has 0 fully saturated rings. The normalized spacial score (nSPS) is 11.0. The maximum atomic E-state index is 13.2. The van der Waals surface area contributed by atoms with Gasteiger partial charge in [-0.3, -0.25) is 9.59 Å². The Hall–Kier alpha value is -4.79. The number of nitrogens with zero attached hydrogens (tertiary/aromatic N) is 4. The van der Waals surface area contributed by atoms with Gasteiger partial charge in [0.15, 0.2) is 5.78 Å². The lowest BCUT2D eigenvalue weighted by Gasteiger charge is -2.07. The van der Waals surface area contributed by atoms with Gasteiger partial charge >= 0.3 is 5.69 Å². The topological polar surface area (TPSA) is 108 Å². The first-order valence-corrected chi connectivity index (χ1v) is 10.5. The van der Waals surface area contributed by atoms with Crippen molar-refractivity contribution in [2.45, 2.75) is 13.5 Å². The Morgan fingerprint density at radius 2 is 1.65 bits per heavy atom. The molecule has 2 heterocycles. The average Bonchev–Trinajstić information content (AvgIpc) is 3.16. The minimum absolute atomic E-state index is 0.0662. The van der Waals surface area contributed by atoms with E-state index in [4.69, 9.17) is 4.74 Å². The van der Waals surface area contributed by atoms with Gasteiger partial charge in [-0.25, -0.2) is 18.9 Å². The lowest BCUT2D eigenvalue weighted by Crippen LogP contribution is -2.28. The minimum atomic E-state index is -0.492. The van der Waals surface area contributed by atoms with E-state index in [1.807, 2.05) is 24.3 Å². The Bertz CT molecular complexity index is 1590. The van der Waals surface area contributed by atoms with Crippen LogP contribution in [0.2, 0.25) is 0 Å². The summed E-state index contributed by atoms with van der Waals surface area (Å²) in [4.78, 5) is 41.8. The fraction of sp³-hybridized carbons (Fsp3) is 0.0800. The second kappa shape index (κ2) is 8.62. The van der Waals surface area contributed by atoms with Crippen molar-refractivity contribution in [2.75, 3.05) is 5.32 Å². The molecule has 0 spiro atoms. The molecular weight excluding hydrogens is 434 g/mol. The quantitative estimate of drug-likeness (QED) is 0.393. The first kappa shape index (κ1) is 21.1. The van der Waals surface area contributed by atoms with Crippen molar-refractivity contribution >= 4 is 34.1 Å². The van der Waals surface area contributed by atoms with E-state index >= 15 is 0 Å². The molecule has 5 rings (SSSR count). The number of anilines is 1. The molecule has 0 aliphatic carbocycles. The highest BCUT2D eigenvalue weighted by Gasteiger charge is 2.19. The lowest BCUT2D eigenvalue weighted by molar-refractivity contribution is -0.117. The Balaban J connectivity index is 1.50. The zero-order chi connectivity index (χ0) is 23.7. The van der Waals surface area contributed by atoms with Crippen LogP contribution in [0.25, 0.3) is 16.7 Å². The summed E-state index contributed by atoms with van der Waals surface area (Å²) in [6, 6.07) is 22.7. The van der Waals surface area contributed by atoms with Crippen molar-refractivity contribution in [1.82, 2.24) is 19.2 Å². The van der Waals surface area contributed by atoms with Crippen molar-refractivity contribution in [2.24, 2.45) is 0 Å². The highest BCUT2D eigenvalue weighted by molar-refractivity contribution is 5.95. The molecule has 168 valence electrons. The van der Waals surface area contributed by atoms with Gasteiger partial charge < -0.3 is 10.1 Å². The second-order valence-corrected chi connectivity index (χ2v) is 7.60. The van der Waals surface area contributed by atoms with Crippen molar-refractivity contribution in [3.8, 4) is 11.6 Å². The number of carbonyl (C=O) groups excluding carboxylic acids is 2. The van der Waals surface area contributed by atoms with Crippen LogP contribution in [-0.4, -0.2) is 30.9 Å². The van der Waals surface area contributed by atoms with E-state index in [0.29, 0.717) is 28.0 Å². The molecule has 5 aromatic rings. The molecule has 0 saturated carbocycles. The molecule has 2 aromatic heterocycles. The molecule has 9 nitrogen and oxygen atoms in total. The summed E-state index contributed by atoms with van der Waals surface area (Å²) in [7, 11) is 0. The summed E-state index contributed by atoms with van der Waals surface area (Å²) in [5, 5.41) is 7.07. The van der Waals surface area contributed by atoms with E-state index in [2.05, 4.69) is 15.4 Å². The minimum Gasteiger partial charge on any atom is -0.436 e. The highest BCUT2D eigenvalue weighted by Crippen LogP contribution is 2.25. The van der Waals surface area contributed by atoms with Crippen LogP contribution in [0.3, 0.4) is 0 Å². The van der Waals surface area contributed by atoms with Gasteiger partial charge in [0, 0.05) is 11.3 Å². The molecule has 0 saturated heterocycles. The maximum absolute atomic E-state index is 13.2. The number of aromatic nitrogens is 4. The summed E-state index contributed by atoms with van der Waals surface area (Å²) in [6.07, 6.45) is 0. The van der Waals surface area contributed by atoms with Gasteiger partial charge in [-0.15, -0.1) is 5.10 Å². The van der Waals surface area contributed by atoms with Gasteiger partial charge in [-0.1, -0.05) is 30.3 Å². The zero-order valence-corrected chi connectivity index (χ0v) is 18.1. The van der Waals surface area contributed by atoms with Gasteiger partial charge in [0.2, 0.25) is 11.6 Å². The maximum Gasteiger partial charge on any atom is 0.351 e. The fourth-order valence-corrected chi connectivity index (χ4v) is 3.57. The number of Topliss-reactive ketones (excluding diaryl/α,β-unsaturated/α-hetero) is 1. The number of benzene rings is 3.